The molecule has 0 aliphatic heterocycles. The van der Waals surface area contributed by atoms with Crippen LogP contribution in [-0.2, 0) is 11.3 Å². The summed E-state index contributed by atoms with van der Waals surface area (Å²) in [6.07, 6.45) is 2.67. The highest BCUT2D eigenvalue weighted by Crippen LogP contribution is 2.00. The Morgan fingerprint density at radius 2 is 1.82 bits per heavy atom. The number of carbonyl (C=O) groups excluding carboxylic acids is 1. The Bertz CT molecular complexity index is 549. The van der Waals surface area contributed by atoms with Gasteiger partial charge in [0.2, 0.25) is 5.91 Å². The van der Waals surface area contributed by atoms with Gasteiger partial charge in [-0.25, -0.2) is 0 Å². The van der Waals surface area contributed by atoms with Gasteiger partial charge in [-0.2, -0.15) is 0 Å². The third-order valence-electron chi connectivity index (χ3n) is 4.59. The van der Waals surface area contributed by atoms with Gasteiger partial charge in [0.1, 0.15) is 0 Å². The lowest BCUT2D eigenvalue weighted by Crippen LogP contribution is -2.43. The van der Waals surface area contributed by atoms with E-state index in [2.05, 4.69) is 46.6 Å². The molecule has 0 saturated heterocycles. The first-order chi connectivity index (χ1) is 13.1. The molecule has 1 rings (SSSR count). The number of rotatable bonds is 12. The second-order valence-corrected chi connectivity index (χ2v) is 6.73. The van der Waals surface area contributed by atoms with Crippen LogP contribution in [-0.4, -0.2) is 56.0 Å². The van der Waals surface area contributed by atoms with Crippen molar-refractivity contribution < 1.29 is 4.79 Å². The summed E-state index contributed by atoms with van der Waals surface area (Å²) in [5.41, 5.74) is 1.11. The second-order valence-electron chi connectivity index (χ2n) is 6.73. The van der Waals surface area contributed by atoms with E-state index in [4.69, 9.17) is 0 Å². The Hall–Kier alpha value is -1.35. The number of halogens is 1. The molecular weight excluding hydrogens is 465 g/mol. The Morgan fingerprint density at radius 3 is 2.43 bits per heavy atom. The highest BCUT2D eigenvalue weighted by molar-refractivity contribution is 14.0. The van der Waals surface area contributed by atoms with Crippen LogP contribution in [0.2, 0.25) is 0 Å². The van der Waals surface area contributed by atoms with Crippen LogP contribution in [0.5, 0.6) is 0 Å². The Kier molecular flexibility index (Phi) is 15.8. The molecule has 0 heterocycles. The Balaban J connectivity index is 0.00000729. The van der Waals surface area contributed by atoms with Crippen LogP contribution in [0.15, 0.2) is 35.3 Å². The molecule has 1 aromatic carbocycles. The maximum Gasteiger partial charge on any atom is 0.222 e. The van der Waals surface area contributed by atoms with Gasteiger partial charge in [0.25, 0.3) is 0 Å². The minimum atomic E-state index is 0. The molecule has 0 fully saturated rings. The van der Waals surface area contributed by atoms with Crippen molar-refractivity contribution in [2.24, 2.45) is 4.99 Å². The SMILES string of the molecule is CCN(CC)CCCC(C)NC(=NC)NCCC(=O)NCc1ccccc1.I. The van der Waals surface area contributed by atoms with E-state index < -0.39 is 0 Å². The summed E-state index contributed by atoms with van der Waals surface area (Å²) in [7, 11) is 1.76. The summed E-state index contributed by atoms with van der Waals surface area (Å²) >= 11 is 0. The molecule has 0 aliphatic carbocycles. The van der Waals surface area contributed by atoms with Gasteiger partial charge < -0.3 is 20.9 Å². The van der Waals surface area contributed by atoms with Crippen molar-refractivity contribution in [1.29, 1.82) is 0 Å². The van der Waals surface area contributed by atoms with E-state index in [1.165, 1.54) is 0 Å². The fraction of sp³-hybridized carbons (Fsp3) is 0.619. The van der Waals surface area contributed by atoms with E-state index in [1.54, 1.807) is 7.05 Å². The zero-order valence-corrected chi connectivity index (χ0v) is 20.2. The first kappa shape index (κ1) is 26.6. The van der Waals surface area contributed by atoms with Crippen LogP contribution in [0.3, 0.4) is 0 Å². The largest absolute Gasteiger partial charge is 0.356 e. The van der Waals surface area contributed by atoms with Crippen LogP contribution < -0.4 is 16.0 Å². The molecule has 0 aliphatic rings. The zero-order valence-electron chi connectivity index (χ0n) is 17.8. The van der Waals surface area contributed by atoms with Gasteiger partial charge in [-0.1, -0.05) is 44.2 Å². The normalized spacial score (nSPS) is 12.2. The molecule has 0 bridgehead atoms. The number of nitrogens with one attached hydrogen (secondary N) is 3. The van der Waals surface area contributed by atoms with Gasteiger partial charge in [-0.3, -0.25) is 9.79 Å². The lowest BCUT2D eigenvalue weighted by molar-refractivity contribution is -0.121. The number of aliphatic imine (C=N–C) groups is 1. The van der Waals surface area contributed by atoms with Crippen molar-refractivity contribution in [3.05, 3.63) is 35.9 Å². The molecule has 0 saturated carbocycles. The van der Waals surface area contributed by atoms with Crippen LogP contribution in [0.1, 0.15) is 45.6 Å². The number of carbonyl (C=O) groups is 1. The third kappa shape index (κ3) is 12.2. The van der Waals surface area contributed by atoms with Gasteiger partial charge in [0.15, 0.2) is 5.96 Å². The molecule has 1 aromatic rings. The van der Waals surface area contributed by atoms with Crippen molar-refractivity contribution in [1.82, 2.24) is 20.9 Å². The quantitative estimate of drug-likeness (QED) is 0.233. The average molecular weight is 503 g/mol. The summed E-state index contributed by atoms with van der Waals surface area (Å²) in [5.74, 6) is 0.787. The minimum Gasteiger partial charge on any atom is -0.356 e. The first-order valence-electron chi connectivity index (χ1n) is 10.1. The van der Waals surface area contributed by atoms with Crippen molar-refractivity contribution in [3.63, 3.8) is 0 Å². The molecule has 1 amide bonds. The Labute approximate surface area is 188 Å². The number of nitrogens with zero attached hydrogens (tertiary/aromatic N) is 2. The maximum absolute atomic E-state index is 12.0. The fourth-order valence-corrected chi connectivity index (χ4v) is 2.84. The highest BCUT2D eigenvalue weighted by atomic mass is 127. The monoisotopic (exact) mass is 503 g/mol. The van der Waals surface area contributed by atoms with Gasteiger partial charge >= 0.3 is 0 Å². The van der Waals surface area contributed by atoms with E-state index in [1.807, 2.05) is 30.3 Å². The van der Waals surface area contributed by atoms with Gasteiger partial charge in [-0.05, 0) is 45.0 Å². The summed E-state index contributed by atoms with van der Waals surface area (Å²) in [6.45, 7) is 11.0. The number of hydrogen-bond acceptors (Lipinski definition) is 3. The predicted octanol–water partition coefficient (Wildman–Crippen LogP) is 2.99. The van der Waals surface area contributed by atoms with Crippen molar-refractivity contribution in [2.45, 2.75) is 52.6 Å². The molecule has 1 atom stereocenters. The molecule has 1 unspecified atom stereocenters. The lowest BCUT2D eigenvalue weighted by atomic mass is 10.2. The molecule has 160 valence electrons. The lowest BCUT2D eigenvalue weighted by Gasteiger charge is -2.21. The van der Waals surface area contributed by atoms with Crippen molar-refractivity contribution in [3.8, 4) is 0 Å². The average Bonchev–Trinajstić information content (AvgIpc) is 2.69. The number of benzene rings is 1. The van der Waals surface area contributed by atoms with E-state index >= 15 is 0 Å². The first-order valence-corrected chi connectivity index (χ1v) is 10.1. The second kappa shape index (κ2) is 16.6. The van der Waals surface area contributed by atoms with Gasteiger partial charge in [0, 0.05) is 32.6 Å². The third-order valence-corrected chi connectivity index (χ3v) is 4.59. The minimum absolute atomic E-state index is 0. The van der Waals surface area contributed by atoms with Crippen LogP contribution in [0, 0.1) is 0 Å². The summed E-state index contributed by atoms with van der Waals surface area (Å²) in [5, 5.41) is 9.55. The van der Waals surface area contributed by atoms with E-state index in [-0.39, 0.29) is 29.9 Å². The molecule has 7 heteroatoms. The van der Waals surface area contributed by atoms with Crippen molar-refractivity contribution in [2.75, 3.05) is 33.2 Å². The summed E-state index contributed by atoms with van der Waals surface area (Å²) < 4.78 is 0. The van der Waals surface area contributed by atoms with Crippen LogP contribution in [0.25, 0.3) is 0 Å². The molecular formula is C21H38IN5O. The maximum atomic E-state index is 12.0. The van der Waals surface area contributed by atoms with E-state index in [9.17, 15) is 4.79 Å². The van der Waals surface area contributed by atoms with Crippen molar-refractivity contribution >= 4 is 35.8 Å². The number of guanidine groups is 1. The Morgan fingerprint density at radius 1 is 1.14 bits per heavy atom. The summed E-state index contributed by atoms with van der Waals surface area (Å²) in [4.78, 5) is 18.6. The topological polar surface area (TPSA) is 68.8 Å². The standard InChI is InChI=1S/C21H37N5O.HI/c1-5-26(6-2)16-10-11-18(3)25-21(22-4)23-15-14-20(27)24-17-19-12-8-7-9-13-19;/h7-9,12-13,18H,5-6,10-11,14-17H2,1-4H3,(H,24,27)(H2,22,23,25);1H. The fourth-order valence-electron chi connectivity index (χ4n) is 2.84. The molecule has 6 nitrogen and oxygen atoms in total. The molecule has 0 aromatic heterocycles. The highest BCUT2D eigenvalue weighted by Gasteiger charge is 2.07. The molecule has 3 N–H and O–H groups in total. The van der Waals surface area contributed by atoms with E-state index in [0.29, 0.717) is 25.6 Å². The number of hydrogen-bond donors (Lipinski definition) is 3. The summed E-state index contributed by atoms with van der Waals surface area (Å²) in [6, 6.07) is 10.3. The predicted molar refractivity (Wildman–Crippen MR) is 129 cm³/mol. The molecule has 0 radical (unpaired) electrons. The van der Waals surface area contributed by atoms with Crippen LogP contribution in [0.4, 0.5) is 0 Å². The number of amides is 1. The zero-order chi connectivity index (χ0) is 19.9. The molecule has 0 spiro atoms. The molecule has 28 heavy (non-hydrogen) atoms. The van der Waals surface area contributed by atoms with Gasteiger partial charge in [0.05, 0.1) is 0 Å². The van der Waals surface area contributed by atoms with Crippen LogP contribution >= 0.6 is 24.0 Å². The van der Waals surface area contributed by atoms with Gasteiger partial charge in [-0.15, -0.1) is 24.0 Å². The smallest absolute Gasteiger partial charge is 0.222 e. The van der Waals surface area contributed by atoms with E-state index in [0.717, 1.165) is 44.0 Å².